The Hall–Kier alpha value is -1.15. The molecule has 7 heteroatoms. The number of hydrogen-bond acceptors (Lipinski definition) is 5. The fraction of sp³-hybridized carbons (Fsp3) is 0.538. The van der Waals surface area contributed by atoms with Crippen LogP contribution in [0, 0.1) is 13.8 Å². The maximum Gasteiger partial charge on any atom is 0.238 e. The second-order valence-corrected chi connectivity index (χ2v) is 5.91. The van der Waals surface area contributed by atoms with Crippen LogP contribution in [-0.2, 0) is 19.5 Å². The highest BCUT2D eigenvalue weighted by atomic mass is 32.2. The molecule has 0 fully saturated rings. The van der Waals surface area contributed by atoms with Gasteiger partial charge in [-0.05, 0) is 37.1 Å². The molecule has 0 heterocycles. The largest absolute Gasteiger partial charge is 0.491 e. The molecule has 0 aliphatic heterocycles. The lowest BCUT2D eigenvalue weighted by Crippen LogP contribution is -2.15. The number of hydrogen-bond donors (Lipinski definition) is 1. The Morgan fingerprint density at radius 1 is 1.05 bits per heavy atom. The van der Waals surface area contributed by atoms with Crippen molar-refractivity contribution in [3.63, 3.8) is 0 Å². The minimum atomic E-state index is -3.70. The predicted octanol–water partition coefficient (Wildman–Crippen LogP) is 0.993. The third-order valence-electron chi connectivity index (χ3n) is 2.70. The van der Waals surface area contributed by atoms with Gasteiger partial charge in [-0.1, -0.05) is 0 Å². The molecular formula is C13H21NO5S. The quantitative estimate of drug-likeness (QED) is 0.724. The number of ether oxygens (including phenoxy) is 3. The van der Waals surface area contributed by atoms with Gasteiger partial charge in [0, 0.05) is 7.11 Å². The summed E-state index contributed by atoms with van der Waals surface area (Å²) < 4.78 is 38.5. The van der Waals surface area contributed by atoms with Crippen LogP contribution in [-0.4, -0.2) is 42.0 Å². The second-order valence-electron chi connectivity index (χ2n) is 4.38. The highest BCUT2D eigenvalue weighted by molar-refractivity contribution is 7.89. The van der Waals surface area contributed by atoms with E-state index >= 15 is 0 Å². The maximum absolute atomic E-state index is 11.4. The van der Waals surface area contributed by atoms with Crippen molar-refractivity contribution in [3.05, 3.63) is 23.3 Å². The fourth-order valence-electron chi connectivity index (χ4n) is 1.68. The number of sulfonamides is 1. The van der Waals surface area contributed by atoms with Gasteiger partial charge in [0.25, 0.3) is 0 Å². The highest BCUT2D eigenvalue weighted by Crippen LogP contribution is 2.25. The number of primary sulfonamides is 1. The van der Waals surface area contributed by atoms with Crippen molar-refractivity contribution in [1.29, 1.82) is 0 Å². The van der Waals surface area contributed by atoms with Gasteiger partial charge in [0.15, 0.2) is 0 Å². The van der Waals surface area contributed by atoms with Gasteiger partial charge in [-0.2, -0.15) is 0 Å². The van der Waals surface area contributed by atoms with Crippen LogP contribution in [0.3, 0.4) is 0 Å². The van der Waals surface area contributed by atoms with E-state index in [0.717, 1.165) is 5.56 Å². The monoisotopic (exact) mass is 303 g/mol. The number of benzene rings is 1. The van der Waals surface area contributed by atoms with Crippen LogP contribution in [0.2, 0.25) is 0 Å². The molecule has 0 spiro atoms. The molecule has 1 aromatic carbocycles. The Morgan fingerprint density at radius 2 is 1.70 bits per heavy atom. The van der Waals surface area contributed by atoms with E-state index in [1.54, 1.807) is 27.0 Å². The molecule has 0 saturated carbocycles. The van der Waals surface area contributed by atoms with E-state index in [1.807, 2.05) is 0 Å². The summed E-state index contributed by atoms with van der Waals surface area (Å²) in [5.74, 6) is 0.630. The van der Waals surface area contributed by atoms with E-state index in [9.17, 15) is 8.42 Å². The molecule has 0 unspecified atom stereocenters. The molecule has 0 bridgehead atoms. The van der Waals surface area contributed by atoms with Gasteiger partial charge in [-0.25, -0.2) is 13.6 Å². The van der Waals surface area contributed by atoms with Crippen molar-refractivity contribution in [3.8, 4) is 5.75 Å². The zero-order chi connectivity index (χ0) is 15.2. The van der Waals surface area contributed by atoms with Crippen LogP contribution >= 0.6 is 0 Å². The van der Waals surface area contributed by atoms with E-state index in [1.165, 1.54) is 6.07 Å². The SMILES string of the molecule is COCCOCCOc1cc(C)c(S(N)(=O)=O)cc1C. The number of nitrogens with two attached hydrogens (primary N) is 1. The minimum absolute atomic E-state index is 0.124. The Labute approximate surface area is 119 Å². The molecule has 0 aromatic heterocycles. The maximum atomic E-state index is 11.4. The number of rotatable bonds is 8. The van der Waals surface area contributed by atoms with Gasteiger partial charge < -0.3 is 14.2 Å². The first-order valence-electron chi connectivity index (χ1n) is 6.19. The molecule has 2 N–H and O–H groups in total. The van der Waals surface area contributed by atoms with Crippen molar-refractivity contribution in [2.75, 3.05) is 33.5 Å². The normalized spacial score (nSPS) is 11.6. The molecule has 0 radical (unpaired) electrons. The van der Waals surface area contributed by atoms with Crippen LogP contribution in [0.4, 0.5) is 0 Å². The molecule has 0 aliphatic rings. The van der Waals surface area contributed by atoms with E-state index in [0.29, 0.717) is 37.7 Å². The van der Waals surface area contributed by atoms with Gasteiger partial charge in [-0.15, -0.1) is 0 Å². The summed E-state index contributed by atoms with van der Waals surface area (Å²) in [6, 6.07) is 3.19. The number of methoxy groups -OCH3 is 1. The highest BCUT2D eigenvalue weighted by Gasteiger charge is 2.14. The summed E-state index contributed by atoms with van der Waals surface area (Å²) in [6.07, 6.45) is 0. The standard InChI is InChI=1S/C13H21NO5S/c1-10-9-13(20(14,15)16)11(2)8-12(10)19-7-6-18-5-4-17-3/h8-9H,4-7H2,1-3H3,(H2,14,15,16). The Morgan fingerprint density at radius 3 is 2.30 bits per heavy atom. The summed E-state index contributed by atoms with van der Waals surface area (Å²) >= 11 is 0. The third kappa shape index (κ3) is 5.09. The van der Waals surface area contributed by atoms with Crippen molar-refractivity contribution in [1.82, 2.24) is 0 Å². The Kier molecular flexibility index (Phi) is 6.41. The molecule has 0 aliphatic carbocycles. The van der Waals surface area contributed by atoms with Gasteiger partial charge in [0.2, 0.25) is 10.0 Å². The number of aryl methyl sites for hydroxylation is 2. The lowest BCUT2D eigenvalue weighted by Gasteiger charge is -2.12. The third-order valence-corrected chi connectivity index (χ3v) is 3.75. The van der Waals surface area contributed by atoms with Crippen molar-refractivity contribution in [2.24, 2.45) is 5.14 Å². The molecule has 114 valence electrons. The summed E-state index contributed by atoms with van der Waals surface area (Å²) in [4.78, 5) is 0.124. The zero-order valence-electron chi connectivity index (χ0n) is 12.0. The minimum Gasteiger partial charge on any atom is -0.491 e. The van der Waals surface area contributed by atoms with Crippen LogP contribution in [0.25, 0.3) is 0 Å². The first kappa shape index (κ1) is 16.9. The summed E-state index contributed by atoms with van der Waals surface area (Å²) in [6.45, 7) is 5.34. The Balaban J connectivity index is 2.62. The average Bonchev–Trinajstić information content (AvgIpc) is 2.35. The smallest absolute Gasteiger partial charge is 0.238 e. The summed E-state index contributed by atoms with van der Waals surface area (Å²) in [5, 5.41) is 5.14. The Bertz CT molecular complexity index is 542. The lowest BCUT2D eigenvalue weighted by atomic mass is 10.1. The van der Waals surface area contributed by atoms with E-state index in [2.05, 4.69) is 0 Å². The first-order valence-corrected chi connectivity index (χ1v) is 7.74. The molecule has 1 rings (SSSR count). The molecule has 0 amide bonds. The van der Waals surface area contributed by atoms with Gasteiger partial charge >= 0.3 is 0 Å². The lowest BCUT2D eigenvalue weighted by molar-refractivity contribution is 0.0543. The van der Waals surface area contributed by atoms with Gasteiger partial charge in [-0.3, -0.25) is 0 Å². The molecule has 1 aromatic rings. The second kappa shape index (κ2) is 7.58. The first-order chi connectivity index (χ1) is 9.36. The topological polar surface area (TPSA) is 87.8 Å². The molecule has 20 heavy (non-hydrogen) atoms. The molecule has 0 saturated heterocycles. The molecule has 6 nitrogen and oxygen atoms in total. The van der Waals surface area contributed by atoms with E-state index in [-0.39, 0.29) is 4.90 Å². The van der Waals surface area contributed by atoms with Crippen molar-refractivity contribution >= 4 is 10.0 Å². The van der Waals surface area contributed by atoms with Gasteiger partial charge in [0.05, 0.1) is 24.7 Å². The fourth-order valence-corrected chi connectivity index (χ4v) is 2.53. The van der Waals surface area contributed by atoms with Crippen molar-refractivity contribution < 1.29 is 22.6 Å². The average molecular weight is 303 g/mol. The van der Waals surface area contributed by atoms with E-state index < -0.39 is 10.0 Å². The predicted molar refractivity (Wildman–Crippen MR) is 75.5 cm³/mol. The molecule has 0 atom stereocenters. The van der Waals surface area contributed by atoms with Crippen molar-refractivity contribution in [2.45, 2.75) is 18.7 Å². The molecular weight excluding hydrogens is 282 g/mol. The van der Waals surface area contributed by atoms with Crippen LogP contribution < -0.4 is 9.88 Å². The van der Waals surface area contributed by atoms with Crippen LogP contribution in [0.1, 0.15) is 11.1 Å². The van der Waals surface area contributed by atoms with Gasteiger partial charge in [0.1, 0.15) is 12.4 Å². The van der Waals surface area contributed by atoms with E-state index in [4.69, 9.17) is 19.3 Å². The summed E-state index contributed by atoms with van der Waals surface area (Å²) in [7, 11) is -2.09. The zero-order valence-corrected chi connectivity index (χ0v) is 12.8. The summed E-state index contributed by atoms with van der Waals surface area (Å²) in [5.41, 5.74) is 1.28. The van der Waals surface area contributed by atoms with Crippen LogP contribution in [0.5, 0.6) is 5.75 Å². The van der Waals surface area contributed by atoms with Crippen LogP contribution in [0.15, 0.2) is 17.0 Å².